The number of benzene rings is 1. The number of nitrogens with two attached hydrogens (primary N) is 1. The van der Waals surface area contributed by atoms with Gasteiger partial charge in [0.1, 0.15) is 0 Å². The third-order valence-electron chi connectivity index (χ3n) is 2.40. The van der Waals surface area contributed by atoms with Crippen LogP contribution in [0.4, 0.5) is 8.78 Å². The molecule has 0 bridgehead atoms. The summed E-state index contributed by atoms with van der Waals surface area (Å²) in [7, 11) is 0. The monoisotopic (exact) mass is 214 g/mol. The van der Waals surface area contributed by atoms with Crippen LogP contribution in [-0.4, -0.2) is 12.1 Å². The molecule has 1 aromatic rings. The Morgan fingerprint density at radius 1 is 1.27 bits per heavy atom. The molecule has 4 heteroatoms. The van der Waals surface area contributed by atoms with Crippen molar-refractivity contribution in [1.29, 1.82) is 0 Å². The Morgan fingerprint density at radius 3 is 2.47 bits per heavy atom. The summed E-state index contributed by atoms with van der Waals surface area (Å²) in [5.41, 5.74) is 6.37. The highest BCUT2D eigenvalue weighted by Crippen LogP contribution is 2.08. The van der Waals surface area contributed by atoms with Crippen LogP contribution in [0.25, 0.3) is 0 Å². The molecule has 0 aliphatic carbocycles. The van der Waals surface area contributed by atoms with Crippen molar-refractivity contribution in [3.8, 4) is 0 Å². The molecular formula is C11H16F2N2. The summed E-state index contributed by atoms with van der Waals surface area (Å²) in [5.74, 6) is -1.64. The fourth-order valence-electron chi connectivity index (χ4n) is 1.11. The minimum Gasteiger partial charge on any atom is -0.327 e. The average Bonchev–Trinajstić information content (AvgIpc) is 2.19. The third kappa shape index (κ3) is 3.57. The predicted octanol–water partition coefficient (Wildman–Crippen LogP) is 1.79. The maximum absolute atomic E-state index is 12.8. The second kappa shape index (κ2) is 5.19. The normalized spacial score (nSPS) is 15.0. The lowest BCUT2D eigenvalue weighted by atomic mass is 10.1. The van der Waals surface area contributed by atoms with E-state index in [0.717, 1.165) is 6.07 Å². The summed E-state index contributed by atoms with van der Waals surface area (Å²) in [6, 6.07) is 4.03. The minimum atomic E-state index is -0.820. The molecule has 2 nitrogen and oxygen atoms in total. The number of rotatable bonds is 4. The van der Waals surface area contributed by atoms with Crippen LogP contribution < -0.4 is 11.1 Å². The van der Waals surface area contributed by atoms with Gasteiger partial charge < -0.3 is 11.1 Å². The topological polar surface area (TPSA) is 38.0 Å². The van der Waals surface area contributed by atoms with E-state index >= 15 is 0 Å². The van der Waals surface area contributed by atoms with Crippen LogP contribution in [0, 0.1) is 11.6 Å². The molecule has 0 saturated heterocycles. The molecule has 1 rings (SSSR count). The number of hydrogen-bond donors (Lipinski definition) is 2. The summed E-state index contributed by atoms with van der Waals surface area (Å²) < 4.78 is 25.4. The quantitative estimate of drug-likeness (QED) is 0.802. The van der Waals surface area contributed by atoms with Crippen molar-refractivity contribution in [3.05, 3.63) is 35.4 Å². The van der Waals surface area contributed by atoms with Crippen LogP contribution in [-0.2, 0) is 6.54 Å². The predicted molar refractivity (Wildman–Crippen MR) is 56.3 cm³/mol. The van der Waals surface area contributed by atoms with Gasteiger partial charge in [0, 0.05) is 18.6 Å². The van der Waals surface area contributed by atoms with Crippen molar-refractivity contribution in [2.24, 2.45) is 5.73 Å². The van der Waals surface area contributed by atoms with Crippen molar-refractivity contribution in [2.45, 2.75) is 32.5 Å². The summed E-state index contributed by atoms with van der Waals surface area (Å²) in [6.45, 7) is 4.33. The Bertz CT molecular complexity index is 326. The van der Waals surface area contributed by atoms with Crippen molar-refractivity contribution in [2.75, 3.05) is 0 Å². The Labute approximate surface area is 88.5 Å². The van der Waals surface area contributed by atoms with Gasteiger partial charge in [-0.05, 0) is 31.5 Å². The third-order valence-corrected chi connectivity index (χ3v) is 2.40. The van der Waals surface area contributed by atoms with E-state index < -0.39 is 11.6 Å². The van der Waals surface area contributed by atoms with Gasteiger partial charge in [-0.2, -0.15) is 0 Å². The van der Waals surface area contributed by atoms with Gasteiger partial charge in [-0.25, -0.2) is 8.78 Å². The van der Waals surface area contributed by atoms with Crippen LogP contribution in [0.2, 0.25) is 0 Å². The first kappa shape index (κ1) is 12.1. The number of halogens is 2. The van der Waals surface area contributed by atoms with Crippen molar-refractivity contribution in [3.63, 3.8) is 0 Å². The first-order valence-electron chi connectivity index (χ1n) is 4.93. The first-order valence-corrected chi connectivity index (χ1v) is 4.93. The molecule has 0 aromatic heterocycles. The molecule has 0 saturated carbocycles. The first-order chi connectivity index (χ1) is 7.00. The largest absolute Gasteiger partial charge is 0.327 e. The van der Waals surface area contributed by atoms with E-state index in [2.05, 4.69) is 5.32 Å². The van der Waals surface area contributed by atoms with Gasteiger partial charge >= 0.3 is 0 Å². The van der Waals surface area contributed by atoms with Crippen molar-refractivity contribution >= 4 is 0 Å². The van der Waals surface area contributed by atoms with Crippen LogP contribution in [0.1, 0.15) is 19.4 Å². The molecular weight excluding hydrogens is 198 g/mol. The smallest absolute Gasteiger partial charge is 0.159 e. The molecule has 1 aromatic carbocycles. The average molecular weight is 214 g/mol. The van der Waals surface area contributed by atoms with Crippen molar-refractivity contribution < 1.29 is 8.78 Å². The van der Waals surface area contributed by atoms with Gasteiger partial charge in [0.2, 0.25) is 0 Å². The summed E-state index contributed by atoms with van der Waals surface area (Å²) in [5, 5.41) is 3.13. The molecule has 0 heterocycles. The molecule has 0 aliphatic heterocycles. The Hall–Kier alpha value is -1.00. The van der Waals surface area contributed by atoms with Gasteiger partial charge in [0.25, 0.3) is 0 Å². The van der Waals surface area contributed by atoms with Gasteiger partial charge in [-0.3, -0.25) is 0 Å². The van der Waals surface area contributed by atoms with E-state index in [0.29, 0.717) is 12.1 Å². The van der Waals surface area contributed by atoms with E-state index in [-0.39, 0.29) is 12.1 Å². The van der Waals surface area contributed by atoms with Gasteiger partial charge in [-0.1, -0.05) is 6.07 Å². The highest BCUT2D eigenvalue weighted by atomic mass is 19.2. The number of hydrogen-bond acceptors (Lipinski definition) is 2. The molecule has 0 aliphatic rings. The fraction of sp³-hybridized carbons (Fsp3) is 0.455. The second-order valence-corrected chi connectivity index (χ2v) is 3.78. The molecule has 3 N–H and O–H groups in total. The molecule has 2 unspecified atom stereocenters. The maximum atomic E-state index is 12.8. The lowest BCUT2D eigenvalue weighted by Crippen LogP contribution is -2.40. The van der Waals surface area contributed by atoms with Gasteiger partial charge in [0.15, 0.2) is 11.6 Å². The molecule has 0 radical (unpaired) electrons. The zero-order chi connectivity index (χ0) is 11.4. The lowest BCUT2D eigenvalue weighted by Gasteiger charge is -2.17. The van der Waals surface area contributed by atoms with Crippen LogP contribution in [0.15, 0.2) is 18.2 Å². The highest BCUT2D eigenvalue weighted by molar-refractivity contribution is 5.17. The van der Waals surface area contributed by atoms with E-state index in [4.69, 9.17) is 5.73 Å². The SMILES string of the molecule is CC(N)C(C)NCc1ccc(F)c(F)c1. The summed E-state index contributed by atoms with van der Waals surface area (Å²) in [4.78, 5) is 0. The lowest BCUT2D eigenvalue weighted by molar-refractivity contribution is 0.473. The van der Waals surface area contributed by atoms with E-state index in [1.165, 1.54) is 6.07 Å². The molecule has 0 fully saturated rings. The Kier molecular flexibility index (Phi) is 4.17. The van der Waals surface area contributed by atoms with E-state index in [1.54, 1.807) is 6.07 Å². The standard InChI is InChI=1S/C11H16F2N2/c1-7(14)8(2)15-6-9-3-4-10(12)11(13)5-9/h3-5,7-8,15H,6,14H2,1-2H3. The molecule has 15 heavy (non-hydrogen) atoms. The number of nitrogens with one attached hydrogen (secondary N) is 1. The van der Waals surface area contributed by atoms with Gasteiger partial charge in [0.05, 0.1) is 0 Å². The minimum absolute atomic E-state index is 0.0234. The van der Waals surface area contributed by atoms with Crippen LogP contribution >= 0.6 is 0 Å². The van der Waals surface area contributed by atoms with Crippen molar-refractivity contribution in [1.82, 2.24) is 5.32 Å². The van der Waals surface area contributed by atoms with Crippen LogP contribution in [0.5, 0.6) is 0 Å². The second-order valence-electron chi connectivity index (χ2n) is 3.78. The van der Waals surface area contributed by atoms with Gasteiger partial charge in [-0.15, -0.1) is 0 Å². The van der Waals surface area contributed by atoms with Crippen LogP contribution in [0.3, 0.4) is 0 Å². The maximum Gasteiger partial charge on any atom is 0.159 e. The summed E-state index contributed by atoms with van der Waals surface area (Å²) in [6.07, 6.45) is 0. The highest BCUT2D eigenvalue weighted by Gasteiger charge is 2.07. The molecule has 84 valence electrons. The zero-order valence-electron chi connectivity index (χ0n) is 8.93. The Balaban J connectivity index is 2.55. The zero-order valence-corrected chi connectivity index (χ0v) is 8.93. The van der Waals surface area contributed by atoms with E-state index in [9.17, 15) is 8.78 Å². The molecule has 2 atom stereocenters. The molecule has 0 spiro atoms. The summed E-state index contributed by atoms with van der Waals surface area (Å²) >= 11 is 0. The molecule has 0 amide bonds. The fourth-order valence-corrected chi connectivity index (χ4v) is 1.11. The van der Waals surface area contributed by atoms with E-state index in [1.807, 2.05) is 13.8 Å². The Morgan fingerprint density at radius 2 is 1.93 bits per heavy atom.